The molecule has 8 heteroatoms. The lowest BCUT2D eigenvalue weighted by molar-refractivity contribution is -0.135. The van der Waals surface area contributed by atoms with Crippen LogP contribution in [0.5, 0.6) is 0 Å². The smallest absolute Gasteiger partial charge is 0.356 e. The van der Waals surface area contributed by atoms with E-state index in [0.29, 0.717) is 13.0 Å². The highest BCUT2D eigenvalue weighted by Gasteiger charge is 2.31. The molecule has 3 heterocycles. The molecule has 2 N–H and O–H groups in total. The van der Waals surface area contributed by atoms with Gasteiger partial charge in [0.05, 0.1) is 17.9 Å². The number of fused-ring (bicyclic) bond motifs is 1. The zero-order chi connectivity index (χ0) is 16.1. The Bertz CT molecular complexity index is 563. The molecule has 0 radical (unpaired) electrons. The molecule has 22 heavy (non-hydrogen) atoms. The number of carbonyl (C=O) groups excluding carboxylic acids is 1. The number of carboxylic acids is 1. The summed E-state index contributed by atoms with van der Waals surface area (Å²) in [6, 6.07) is 0. The number of likely N-dealkylation sites (tertiary alicyclic amines) is 1. The van der Waals surface area contributed by atoms with Crippen LogP contribution in [-0.4, -0.2) is 56.1 Å². The molecule has 120 valence electrons. The Morgan fingerprint density at radius 3 is 2.55 bits per heavy atom. The van der Waals surface area contributed by atoms with Crippen LogP contribution < -0.4 is 0 Å². The number of carboxylic acid groups (broad SMARTS) is 2. The summed E-state index contributed by atoms with van der Waals surface area (Å²) >= 11 is 0. The van der Waals surface area contributed by atoms with Gasteiger partial charge in [-0.1, -0.05) is 0 Å². The highest BCUT2D eigenvalue weighted by molar-refractivity contribution is 5.87. The summed E-state index contributed by atoms with van der Waals surface area (Å²) in [4.78, 5) is 37.6. The van der Waals surface area contributed by atoms with Gasteiger partial charge in [0.2, 0.25) is 5.91 Å². The number of rotatable bonds is 2. The first-order valence-electron chi connectivity index (χ1n) is 7.22. The lowest BCUT2D eigenvalue weighted by Gasteiger charge is -2.27. The highest BCUT2D eigenvalue weighted by Crippen LogP contribution is 2.25. The van der Waals surface area contributed by atoms with Gasteiger partial charge in [-0.15, -0.1) is 0 Å². The van der Waals surface area contributed by atoms with Crippen LogP contribution in [0.25, 0.3) is 0 Å². The second-order valence-electron chi connectivity index (χ2n) is 5.37. The Hall–Kier alpha value is -2.38. The topological polar surface area (TPSA) is 113 Å². The van der Waals surface area contributed by atoms with Gasteiger partial charge in [0, 0.05) is 19.6 Å². The predicted molar refractivity (Wildman–Crippen MR) is 75.5 cm³/mol. The van der Waals surface area contributed by atoms with Gasteiger partial charge in [0.1, 0.15) is 0 Å². The fraction of sp³-hybridized carbons (Fsp3) is 0.571. The van der Waals surface area contributed by atoms with E-state index in [-0.39, 0.29) is 24.0 Å². The average molecular weight is 309 g/mol. The SMILES string of the molecule is O=C(O)c1ncn2c1CCC(C(=O)N1CCCC1)C2.O=CO. The molecule has 2 aliphatic heterocycles. The van der Waals surface area contributed by atoms with E-state index in [2.05, 4.69) is 4.98 Å². The van der Waals surface area contributed by atoms with Gasteiger partial charge in [0.15, 0.2) is 5.69 Å². The first-order chi connectivity index (χ1) is 10.6. The van der Waals surface area contributed by atoms with Gasteiger partial charge >= 0.3 is 5.97 Å². The summed E-state index contributed by atoms with van der Waals surface area (Å²) in [5.74, 6) is -0.798. The second-order valence-corrected chi connectivity index (χ2v) is 5.37. The molecule has 0 aromatic carbocycles. The van der Waals surface area contributed by atoms with Crippen LogP contribution in [0.4, 0.5) is 0 Å². The van der Waals surface area contributed by atoms with Gasteiger partial charge in [-0.3, -0.25) is 9.59 Å². The molecule has 0 aliphatic carbocycles. The van der Waals surface area contributed by atoms with Crippen LogP contribution in [0, 0.1) is 5.92 Å². The zero-order valence-corrected chi connectivity index (χ0v) is 12.1. The molecule has 1 saturated heterocycles. The van der Waals surface area contributed by atoms with E-state index < -0.39 is 5.97 Å². The number of hydrogen-bond acceptors (Lipinski definition) is 4. The molecular weight excluding hydrogens is 290 g/mol. The standard InChI is InChI=1S/C13H17N3O3.CH2O2/c17-12(15-5-1-2-6-15)9-3-4-10-11(13(18)19)14-8-16(10)7-9;2-1-3/h8-9H,1-7H2,(H,18,19);1H,(H,2,3). The summed E-state index contributed by atoms with van der Waals surface area (Å²) in [6.07, 6.45) is 5.07. The number of imidazole rings is 1. The van der Waals surface area contributed by atoms with Crippen molar-refractivity contribution in [3.05, 3.63) is 17.7 Å². The molecule has 1 amide bonds. The quantitative estimate of drug-likeness (QED) is 0.768. The van der Waals surface area contributed by atoms with E-state index in [1.807, 2.05) is 9.47 Å². The van der Waals surface area contributed by atoms with Crippen molar-refractivity contribution in [2.45, 2.75) is 32.2 Å². The van der Waals surface area contributed by atoms with Gasteiger partial charge < -0.3 is 19.7 Å². The summed E-state index contributed by atoms with van der Waals surface area (Å²) in [7, 11) is 0. The molecular formula is C14H19N3O5. The third-order valence-corrected chi connectivity index (χ3v) is 4.06. The van der Waals surface area contributed by atoms with Crippen LogP contribution in [0.1, 0.15) is 35.4 Å². The minimum Gasteiger partial charge on any atom is -0.483 e. The molecule has 0 spiro atoms. The van der Waals surface area contributed by atoms with E-state index in [4.69, 9.17) is 15.0 Å². The molecule has 1 fully saturated rings. The Kier molecular flexibility index (Phi) is 5.13. The van der Waals surface area contributed by atoms with Crippen molar-refractivity contribution >= 4 is 18.3 Å². The number of aromatic nitrogens is 2. The van der Waals surface area contributed by atoms with Crippen molar-refractivity contribution in [2.24, 2.45) is 5.92 Å². The molecule has 8 nitrogen and oxygen atoms in total. The van der Waals surface area contributed by atoms with Crippen LogP contribution in [0.15, 0.2) is 6.33 Å². The van der Waals surface area contributed by atoms with Crippen LogP contribution in [0.3, 0.4) is 0 Å². The lowest BCUT2D eigenvalue weighted by atomic mass is 9.95. The second kappa shape index (κ2) is 7.06. The number of aromatic carboxylic acids is 1. The van der Waals surface area contributed by atoms with Crippen molar-refractivity contribution in [2.75, 3.05) is 13.1 Å². The average Bonchev–Trinajstić information content (AvgIpc) is 3.16. The zero-order valence-electron chi connectivity index (χ0n) is 12.1. The van der Waals surface area contributed by atoms with Crippen LogP contribution in [0.2, 0.25) is 0 Å². The molecule has 0 bridgehead atoms. The van der Waals surface area contributed by atoms with Crippen molar-refractivity contribution in [1.82, 2.24) is 14.5 Å². The summed E-state index contributed by atoms with van der Waals surface area (Å²) in [5, 5.41) is 15.9. The maximum atomic E-state index is 12.3. The monoisotopic (exact) mass is 309 g/mol. The maximum Gasteiger partial charge on any atom is 0.356 e. The van der Waals surface area contributed by atoms with Crippen LogP contribution in [-0.2, 0) is 22.6 Å². The number of amides is 1. The molecule has 1 unspecified atom stereocenters. The maximum absolute atomic E-state index is 12.3. The minimum absolute atomic E-state index is 0.0264. The molecule has 2 aliphatic rings. The van der Waals surface area contributed by atoms with Gasteiger partial charge in [-0.2, -0.15) is 0 Å². The highest BCUT2D eigenvalue weighted by atomic mass is 16.4. The Balaban J connectivity index is 0.000000545. The normalized spacial score (nSPS) is 19.8. The first kappa shape index (κ1) is 16.0. The summed E-state index contributed by atoms with van der Waals surface area (Å²) in [6.45, 7) is 2.05. The van der Waals surface area contributed by atoms with E-state index in [1.165, 1.54) is 0 Å². The Morgan fingerprint density at radius 2 is 1.95 bits per heavy atom. The fourth-order valence-corrected chi connectivity index (χ4v) is 3.04. The van der Waals surface area contributed by atoms with Gasteiger partial charge in [-0.05, 0) is 25.7 Å². The van der Waals surface area contributed by atoms with E-state index >= 15 is 0 Å². The summed E-state index contributed by atoms with van der Waals surface area (Å²) in [5.41, 5.74) is 0.880. The number of hydrogen-bond donors (Lipinski definition) is 2. The molecule has 3 rings (SSSR count). The van der Waals surface area contributed by atoms with Crippen molar-refractivity contribution in [3.63, 3.8) is 0 Å². The molecule has 0 saturated carbocycles. The fourth-order valence-electron chi connectivity index (χ4n) is 3.04. The largest absolute Gasteiger partial charge is 0.483 e. The van der Waals surface area contributed by atoms with E-state index in [1.54, 1.807) is 6.33 Å². The third kappa shape index (κ3) is 3.26. The van der Waals surface area contributed by atoms with Gasteiger partial charge in [-0.25, -0.2) is 9.78 Å². The number of carbonyl (C=O) groups is 3. The van der Waals surface area contributed by atoms with Crippen molar-refractivity contribution < 1.29 is 24.6 Å². The van der Waals surface area contributed by atoms with E-state index in [0.717, 1.165) is 38.0 Å². The molecule has 1 aromatic heterocycles. The lowest BCUT2D eigenvalue weighted by Crippen LogP contribution is -2.38. The molecule has 1 atom stereocenters. The van der Waals surface area contributed by atoms with Crippen molar-refractivity contribution in [1.29, 1.82) is 0 Å². The third-order valence-electron chi connectivity index (χ3n) is 4.06. The Labute approximate surface area is 127 Å². The molecule has 1 aromatic rings. The minimum atomic E-state index is -0.988. The van der Waals surface area contributed by atoms with E-state index in [9.17, 15) is 9.59 Å². The summed E-state index contributed by atoms with van der Waals surface area (Å²) < 4.78 is 1.82. The van der Waals surface area contributed by atoms with Crippen LogP contribution >= 0.6 is 0 Å². The Morgan fingerprint density at radius 1 is 1.32 bits per heavy atom. The van der Waals surface area contributed by atoms with Crippen molar-refractivity contribution in [3.8, 4) is 0 Å². The number of nitrogens with zero attached hydrogens (tertiary/aromatic N) is 3. The first-order valence-corrected chi connectivity index (χ1v) is 7.22. The van der Waals surface area contributed by atoms with Gasteiger partial charge in [0.25, 0.3) is 6.47 Å². The predicted octanol–water partition coefficient (Wildman–Crippen LogP) is 0.467.